The standard InChI is InChI=1S/C19H24O2/c1-18-10-3-2-4-13(18)5-6-14-15(18)9-11-19(12-20)16(14)7-8-17(19)21/h3-4,10,12,14-16H,2,5-9,11H2,1H3/t14-,15+,16+,18+,19-/m1/s1. The van der Waals surface area contributed by atoms with Gasteiger partial charge in [0.05, 0.1) is 5.41 Å². The molecule has 5 atom stereocenters. The number of allylic oxidation sites excluding steroid dienone is 4. The van der Waals surface area contributed by atoms with Crippen molar-refractivity contribution in [1.29, 1.82) is 0 Å². The third-order valence-electron chi connectivity index (χ3n) is 7.15. The molecule has 4 aliphatic carbocycles. The summed E-state index contributed by atoms with van der Waals surface area (Å²) < 4.78 is 0. The fraction of sp³-hybridized carbons (Fsp3) is 0.684. The zero-order valence-corrected chi connectivity index (χ0v) is 12.8. The fourth-order valence-electron chi connectivity index (χ4n) is 6.06. The van der Waals surface area contributed by atoms with Crippen LogP contribution < -0.4 is 0 Å². The number of aldehydes is 1. The van der Waals surface area contributed by atoms with E-state index in [4.69, 9.17) is 0 Å². The number of fused-ring (bicyclic) bond motifs is 5. The molecule has 0 heterocycles. The highest BCUT2D eigenvalue weighted by Gasteiger charge is 2.60. The van der Waals surface area contributed by atoms with Gasteiger partial charge in [0, 0.05) is 11.8 Å². The maximum Gasteiger partial charge on any atom is 0.146 e. The van der Waals surface area contributed by atoms with E-state index in [1.807, 2.05) is 0 Å². The molecule has 112 valence electrons. The second kappa shape index (κ2) is 4.41. The summed E-state index contributed by atoms with van der Waals surface area (Å²) in [6.45, 7) is 2.38. The first kappa shape index (κ1) is 13.5. The van der Waals surface area contributed by atoms with Crippen molar-refractivity contribution < 1.29 is 9.59 Å². The topological polar surface area (TPSA) is 34.1 Å². The van der Waals surface area contributed by atoms with Gasteiger partial charge in [-0.05, 0) is 56.3 Å². The number of carbonyl (C=O) groups excluding carboxylic acids is 2. The van der Waals surface area contributed by atoms with E-state index in [9.17, 15) is 9.59 Å². The largest absolute Gasteiger partial charge is 0.302 e. The number of hydrogen-bond acceptors (Lipinski definition) is 2. The number of carbonyl (C=O) groups is 2. The van der Waals surface area contributed by atoms with Gasteiger partial charge >= 0.3 is 0 Å². The average Bonchev–Trinajstić information content (AvgIpc) is 2.84. The molecule has 0 aromatic heterocycles. The molecule has 3 saturated carbocycles. The van der Waals surface area contributed by atoms with E-state index >= 15 is 0 Å². The van der Waals surface area contributed by atoms with Gasteiger partial charge in [0.25, 0.3) is 0 Å². The minimum atomic E-state index is -0.614. The van der Waals surface area contributed by atoms with Gasteiger partial charge in [-0.2, -0.15) is 0 Å². The second-order valence-corrected chi connectivity index (χ2v) is 7.72. The lowest BCUT2D eigenvalue weighted by atomic mass is 9.48. The molecule has 0 amide bonds. The van der Waals surface area contributed by atoms with Gasteiger partial charge in [-0.3, -0.25) is 4.79 Å². The van der Waals surface area contributed by atoms with Crippen LogP contribution in [0, 0.1) is 28.6 Å². The molecule has 0 aliphatic heterocycles. The highest BCUT2D eigenvalue weighted by atomic mass is 16.1. The van der Waals surface area contributed by atoms with E-state index in [0.717, 1.165) is 38.4 Å². The van der Waals surface area contributed by atoms with E-state index < -0.39 is 5.41 Å². The average molecular weight is 284 g/mol. The predicted octanol–water partition coefficient (Wildman–Crippen LogP) is 3.86. The zero-order chi connectivity index (χ0) is 14.7. The van der Waals surface area contributed by atoms with Crippen molar-refractivity contribution in [2.75, 3.05) is 0 Å². The number of rotatable bonds is 1. The van der Waals surface area contributed by atoms with Crippen LogP contribution in [0.2, 0.25) is 0 Å². The van der Waals surface area contributed by atoms with Crippen LogP contribution in [-0.4, -0.2) is 12.1 Å². The Morgan fingerprint density at radius 2 is 2.05 bits per heavy atom. The number of hydrogen-bond donors (Lipinski definition) is 0. The van der Waals surface area contributed by atoms with Crippen LogP contribution in [0.4, 0.5) is 0 Å². The van der Waals surface area contributed by atoms with Crippen LogP contribution >= 0.6 is 0 Å². The summed E-state index contributed by atoms with van der Waals surface area (Å²) in [5.74, 6) is 1.72. The van der Waals surface area contributed by atoms with E-state index in [-0.39, 0.29) is 11.2 Å². The summed E-state index contributed by atoms with van der Waals surface area (Å²) >= 11 is 0. The minimum absolute atomic E-state index is 0.182. The lowest BCUT2D eigenvalue weighted by Gasteiger charge is -2.55. The first-order valence-corrected chi connectivity index (χ1v) is 8.49. The highest BCUT2D eigenvalue weighted by molar-refractivity contribution is 6.00. The molecule has 0 aromatic carbocycles. The molecule has 4 aliphatic rings. The third-order valence-corrected chi connectivity index (χ3v) is 7.15. The summed E-state index contributed by atoms with van der Waals surface area (Å²) in [7, 11) is 0. The molecule has 0 aromatic rings. The van der Waals surface area contributed by atoms with E-state index in [2.05, 4.69) is 25.2 Å². The lowest BCUT2D eigenvalue weighted by Crippen LogP contribution is -2.51. The Morgan fingerprint density at radius 3 is 2.86 bits per heavy atom. The number of ketones is 1. The summed E-state index contributed by atoms with van der Waals surface area (Å²) in [5.41, 5.74) is 1.17. The molecule has 0 N–H and O–H groups in total. The van der Waals surface area contributed by atoms with Crippen LogP contribution in [0.25, 0.3) is 0 Å². The van der Waals surface area contributed by atoms with Crippen molar-refractivity contribution in [3.05, 3.63) is 23.8 Å². The monoisotopic (exact) mass is 284 g/mol. The molecule has 0 unspecified atom stereocenters. The Balaban J connectivity index is 1.73. The molecule has 0 saturated heterocycles. The van der Waals surface area contributed by atoms with Gasteiger partial charge in [0.1, 0.15) is 12.1 Å². The molecule has 2 heteroatoms. The Labute approximate surface area is 126 Å². The normalized spacial score (nSPS) is 48.1. The third kappa shape index (κ3) is 1.59. The van der Waals surface area contributed by atoms with Gasteiger partial charge in [-0.15, -0.1) is 0 Å². The molecule has 4 rings (SSSR count). The van der Waals surface area contributed by atoms with Crippen LogP contribution in [0.15, 0.2) is 23.8 Å². The second-order valence-electron chi connectivity index (χ2n) is 7.72. The molecule has 21 heavy (non-hydrogen) atoms. The number of Topliss-reactive ketones (excluding diaryl/α,β-unsaturated/α-hetero) is 1. The van der Waals surface area contributed by atoms with Gasteiger partial charge < -0.3 is 4.79 Å². The first-order valence-electron chi connectivity index (χ1n) is 8.49. The van der Waals surface area contributed by atoms with Crippen molar-refractivity contribution in [1.82, 2.24) is 0 Å². The van der Waals surface area contributed by atoms with Crippen molar-refractivity contribution in [3.63, 3.8) is 0 Å². The Kier molecular flexibility index (Phi) is 2.83. The van der Waals surface area contributed by atoms with Crippen molar-refractivity contribution in [3.8, 4) is 0 Å². The fourth-order valence-corrected chi connectivity index (χ4v) is 6.06. The van der Waals surface area contributed by atoms with Gasteiger partial charge in [-0.25, -0.2) is 0 Å². The van der Waals surface area contributed by atoms with E-state index in [0.29, 0.717) is 24.2 Å². The zero-order valence-electron chi connectivity index (χ0n) is 12.8. The van der Waals surface area contributed by atoms with Crippen LogP contribution in [0.1, 0.15) is 51.9 Å². The molecular formula is C19H24O2. The molecular weight excluding hydrogens is 260 g/mol. The Morgan fingerprint density at radius 1 is 1.19 bits per heavy atom. The van der Waals surface area contributed by atoms with Crippen LogP contribution in [0.5, 0.6) is 0 Å². The smallest absolute Gasteiger partial charge is 0.146 e. The van der Waals surface area contributed by atoms with Crippen molar-refractivity contribution >= 4 is 12.1 Å². The van der Waals surface area contributed by atoms with E-state index in [1.54, 1.807) is 5.57 Å². The summed E-state index contributed by atoms with van der Waals surface area (Å²) in [6.07, 6.45) is 14.9. The summed E-state index contributed by atoms with van der Waals surface area (Å²) in [4.78, 5) is 24.1. The molecule has 0 bridgehead atoms. The van der Waals surface area contributed by atoms with Crippen molar-refractivity contribution in [2.45, 2.75) is 51.9 Å². The van der Waals surface area contributed by atoms with Gasteiger partial charge in [-0.1, -0.05) is 30.7 Å². The molecule has 2 nitrogen and oxygen atoms in total. The maximum absolute atomic E-state index is 12.3. The van der Waals surface area contributed by atoms with E-state index in [1.165, 1.54) is 6.42 Å². The van der Waals surface area contributed by atoms with Gasteiger partial charge in [0.15, 0.2) is 0 Å². The lowest BCUT2D eigenvalue weighted by molar-refractivity contribution is -0.140. The minimum Gasteiger partial charge on any atom is -0.302 e. The Hall–Kier alpha value is -1.18. The SMILES string of the molecule is C[C@]12C=CCC=C1CC[C@@H]1[C@@H]2CC[C@]2(C=O)C(=O)CC[C@@H]12. The van der Waals surface area contributed by atoms with Crippen molar-refractivity contribution in [2.24, 2.45) is 28.6 Å². The first-order chi connectivity index (χ1) is 10.1. The predicted molar refractivity (Wildman–Crippen MR) is 81.6 cm³/mol. The Bertz CT molecular complexity index is 558. The van der Waals surface area contributed by atoms with Crippen LogP contribution in [0.3, 0.4) is 0 Å². The summed E-state index contributed by atoms with van der Waals surface area (Å²) in [5, 5.41) is 0. The highest BCUT2D eigenvalue weighted by Crippen LogP contribution is 2.63. The maximum atomic E-state index is 12.3. The molecule has 0 spiro atoms. The quantitative estimate of drug-likeness (QED) is 0.416. The summed E-state index contributed by atoms with van der Waals surface area (Å²) in [6, 6.07) is 0. The van der Waals surface area contributed by atoms with Gasteiger partial charge in [0.2, 0.25) is 0 Å². The van der Waals surface area contributed by atoms with Crippen LogP contribution in [-0.2, 0) is 9.59 Å². The molecule has 0 radical (unpaired) electrons. The molecule has 3 fully saturated rings.